The number of amides is 1. The predicted molar refractivity (Wildman–Crippen MR) is 106 cm³/mol. The number of nitrogens with one attached hydrogen (secondary N) is 2. The molecule has 0 saturated heterocycles. The van der Waals surface area contributed by atoms with Gasteiger partial charge in [-0.1, -0.05) is 11.6 Å². The highest BCUT2D eigenvalue weighted by molar-refractivity contribution is 7.17. The summed E-state index contributed by atoms with van der Waals surface area (Å²) < 4.78 is 6.09. The van der Waals surface area contributed by atoms with Crippen LogP contribution in [0.2, 0.25) is 5.02 Å². The van der Waals surface area contributed by atoms with Gasteiger partial charge in [-0.3, -0.25) is 4.79 Å². The van der Waals surface area contributed by atoms with Crippen molar-refractivity contribution < 1.29 is 9.53 Å². The van der Waals surface area contributed by atoms with Crippen LogP contribution in [-0.4, -0.2) is 36.1 Å². The fraction of sp³-hybridized carbons (Fsp3) is 0.235. The van der Waals surface area contributed by atoms with E-state index in [2.05, 4.69) is 20.6 Å². The van der Waals surface area contributed by atoms with E-state index in [9.17, 15) is 4.79 Å². The molecule has 0 radical (unpaired) electrons. The van der Waals surface area contributed by atoms with Gasteiger partial charge in [0.25, 0.3) is 5.91 Å². The molecule has 3 aromatic rings. The van der Waals surface area contributed by atoms with Gasteiger partial charge in [-0.05, 0) is 31.2 Å². The maximum absolute atomic E-state index is 12.7. The Morgan fingerprint density at radius 1 is 1.42 bits per heavy atom. The second kappa shape index (κ2) is 8.31. The van der Waals surface area contributed by atoms with Crippen molar-refractivity contribution in [3.05, 3.63) is 40.4 Å². The maximum Gasteiger partial charge on any atom is 0.258 e. The number of nitrogens with two attached hydrogens (primary N) is 1. The average molecular weight is 392 g/mol. The minimum absolute atomic E-state index is 0.288. The molecule has 1 amide bonds. The van der Waals surface area contributed by atoms with Crippen LogP contribution in [0.1, 0.15) is 16.8 Å². The molecule has 2 aromatic heterocycles. The lowest BCUT2D eigenvalue weighted by atomic mass is 10.2. The highest BCUT2D eigenvalue weighted by atomic mass is 35.5. The first-order valence-corrected chi connectivity index (χ1v) is 9.21. The maximum atomic E-state index is 12.7. The van der Waals surface area contributed by atoms with Gasteiger partial charge in [0.1, 0.15) is 5.75 Å². The predicted octanol–water partition coefficient (Wildman–Crippen LogP) is 3.37. The molecule has 136 valence electrons. The van der Waals surface area contributed by atoms with E-state index in [1.165, 1.54) is 18.4 Å². The van der Waals surface area contributed by atoms with E-state index < -0.39 is 0 Å². The quantitative estimate of drug-likeness (QED) is 0.534. The zero-order valence-corrected chi connectivity index (χ0v) is 15.7. The molecule has 7 nitrogen and oxygen atoms in total. The summed E-state index contributed by atoms with van der Waals surface area (Å²) in [6.45, 7) is 1.26. The van der Waals surface area contributed by atoms with E-state index in [1.807, 2.05) is 0 Å². The third kappa shape index (κ3) is 4.04. The second-order valence-electron chi connectivity index (χ2n) is 5.42. The summed E-state index contributed by atoms with van der Waals surface area (Å²) in [5, 5.41) is 8.20. The van der Waals surface area contributed by atoms with Gasteiger partial charge in [0.15, 0.2) is 0 Å². The van der Waals surface area contributed by atoms with Crippen LogP contribution in [-0.2, 0) is 0 Å². The molecule has 0 atom stereocenters. The van der Waals surface area contributed by atoms with Crippen molar-refractivity contribution in [3.8, 4) is 5.75 Å². The molecular formula is C17H18ClN5O2S. The summed E-state index contributed by atoms with van der Waals surface area (Å²) in [6, 6.07) is 5.04. The number of thiophene rings is 1. The Labute approximate surface area is 159 Å². The number of hydrogen-bond acceptors (Lipinski definition) is 7. The van der Waals surface area contributed by atoms with Gasteiger partial charge in [-0.15, -0.1) is 11.3 Å². The lowest BCUT2D eigenvalue weighted by Gasteiger charge is -2.10. The highest BCUT2D eigenvalue weighted by Crippen LogP contribution is 2.30. The molecule has 0 fully saturated rings. The minimum atomic E-state index is -0.288. The van der Waals surface area contributed by atoms with Crippen LogP contribution < -0.4 is 21.1 Å². The number of nitrogens with zero attached hydrogens (tertiary/aromatic N) is 2. The van der Waals surface area contributed by atoms with Gasteiger partial charge in [-0.2, -0.15) is 0 Å². The summed E-state index contributed by atoms with van der Waals surface area (Å²) in [5.41, 5.74) is 7.05. The second-order valence-corrected chi connectivity index (χ2v) is 6.77. The number of hydrogen-bond donors (Lipinski definition) is 3. The number of halogens is 1. The Morgan fingerprint density at radius 3 is 3.04 bits per heavy atom. The van der Waals surface area contributed by atoms with Crippen LogP contribution in [0.3, 0.4) is 0 Å². The smallest absolute Gasteiger partial charge is 0.258 e. The molecule has 0 aliphatic heterocycles. The van der Waals surface area contributed by atoms with Crippen molar-refractivity contribution in [1.82, 2.24) is 9.97 Å². The first-order valence-electron chi connectivity index (χ1n) is 7.95. The Balaban J connectivity index is 1.86. The van der Waals surface area contributed by atoms with E-state index in [0.717, 1.165) is 11.1 Å². The number of carbonyl (C=O) groups excluding carboxylic acids is 1. The number of ether oxygens (including phenoxy) is 1. The molecule has 26 heavy (non-hydrogen) atoms. The lowest BCUT2D eigenvalue weighted by molar-refractivity contribution is 0.102. The Morgan fingerprint density at radius 2 is 2.27 bits per heavy atom. The molecule has 0 aliphatic rings. The van der Waals surface area contributed by atoms with Crippen LogP contribution >= 0.6 is 22.9 Å². The van der Waals surface area contributed by atoms with E-state index in [0.29, 0.717) is 46.6 Å². The van der Waals surface area contributed by atoms with E-state index in [1.54, 1.807) is 29.8 Å². The fourth-order valence-electron chi connectivity index (χ4n) is 2.34. The number of carbonyl (C=O) groups is 1. The van der Waals surface area contributed by atoms with E-state index in [4.69, 9.17) is 22.1 Å². The topological polar surface area (TPSA) is 102 Å². The van der Waals surface area contributed by atoms with Gasteiger partial charge in [0, 0.05) is 16.9 Å². The molecule has 1 aromatic carbocycles. The molecule has 0 bridgehead atoms. The fourth-order valence-corrected chi connectivity index (χ4v) is 3.36. The Kier molecular flexibility index (Phi) is 5.87. The van der Waals surface area contributed by atoms with Crippen molar-refractivity contribution in [2.75, 3.05) is 30.8 Å². The molecule has 0 aliphatic carbocycles. The van der Waals surface area contributed by atoms with Crippen LogP contribution in [0, 0.1) is 0 Å². The molecule has 9 heteroatoms. The first kappa shape index (κ1) is 18.4. The normalized spacial score (nSPS) is 10.7. The van der Waals surface area contributed by atoms with Gasteiger partial charge < -0.3 is 21.1 Å². The summed E-state index contributed by atoms with van der Waals surface area (Å²) in [6.07, 6.45) is 2.52. The third-order valence-corrected chi connectivity index (χ3v) is 4.77. The first-order chi connectivity index (χ1) is 12.6. The van der Waals surface area contributed by atoms with Crippen molar-refractivity contribution >= 4 is 50.7 Å². The van der Waals surface area contributed by atoms with Crippen molar-refractivity contribution in [1.29, 1.82) is 0 Å². The molecular weight excluding hydrogens is 374 g/mol. The highest BCUT2D eigenvalue weighted by Gasteiger charge is 2.16. The SMILES string of the molecule is COc1ccc(Cl)cc1NC(=O)c1csc2cnc(NCCCN)nc12. The van der Waals surface area contributed by atoms with Crippen LogP contribution in [0.5, 0.6) is 5.75 Å². The van der Waals surface area contributed by atoms with Crippen molar-refractivity contribution in [2.24, 2.45) is 5.73 Å². The van der Waals surface area contributed by atoms with E-state index >= 15 is 0 Å². The van der Waals surface area contributed by atoms with Crippen molar-refractivity contribution in [2.45, 2.75) is 6.42 Å². The zero-order chi connectivity index (χ0) is 18.5. The van der Waals surface area contributed by atoms with Crippen molar-refractivity contribution in [3.63, 3.8) is 0 Å². The molecule has 4 N–H and O–H groups in total. The lowest BCUT2D eigenvalue weighted by Crippen LogP contribution is -2.13. The molecule has 3 rings (SSSR count). The molecule has 0 spiro atoms. The summed E-state index contributed by atoms with van der Waals surface area (Å²) in [7, 11) is 1.53. The molecule has 2 heterocycles. The Hall–Kier alpha value is -2.42. The third-order valence-electron chi connectivity index (χ3n) is 3.63. The number of aromatic nitrogens is 2. The van der Waals surface area contributed by atoms with Crippen LogP contribution in [0.15, 0.2) is 29.8 Å². The monoisotopic (exact) mass is 391 g/mol. The molecule has 0 unspecified atom stereocenters. The standard InChI is InChI=1S/C17H18ClN5O2S/c1-25-13-4-3-10(18)7-12(13)22-16(24)11-9-26-14-8-21-17(23-15(11)14)20-6-2-5-19/h3-4,7-9H,2,5-6,19H2,1H3,(H,22,24)(H,20,21,23). The van der Waals surface area contributed by atoms with Gasteiger partial charge >= 0.3 is 0 Å². The summed E-state index contributed by atoms with van der Waals surface area (Å²) in [5.74, 6) is 0.711. The van der Waals surface area contributed by atoms with E-state index in [-0.39, 0.29) is 5.91 Å². The Bertz CT molecular complexity index is 931. The largest absolute Gasteiger partial charge is 0.495 e. The number of rotatable bonds is 7. The number of methoxy groups -OCH3 is 1. The average Bonchev–Trinajstić information content (AvgIpc) is 3.05. The summed E-state index contributed by atoms with van der Waals surface area (Å²) >= 11 is 7.43. The number of fused-ring (bicyclic) bond motifs is 1. The number of anilines is 2. The van der Waals surface area contributed by atoms with Gasteiger partial charge in [0.2, 0.25) is 5.95 Å². The van der Waals surface area contributed by atoms with Gasteiger partial charge in [0.05, 0.1) is 34.8 Å². The minimum Gasteiger partial charge on any atom is -0.495 e. The molecule has 0 saturated carbocycles. The van der Waals surface area contributed by atoms with Gasteiger partial charge in [-0.25, -0.2) is 9.97 Å². The number of benzene rings is 1. The summed E-state index contributed by atoms with van der Waals surface area (Å²) in [4.78, 5) is 21.5. The van der Waals surface area contributed by atoms with Crippen LogP contribution in [0.4, 0.5) is 11.6 Å². The zero-order valence-electron chi connectivity index (χ0n) is 14.1. The van der Waals surface area contributed by atoms with Crippen LogP contribution in [0.25, 0.3) is 10.2 Å².